The highest BCUT2D eigenvalue weighted by atomic mass is 35.5. The van der Waals surface area contributed by atoms with Gasteiger partial charge in [-0.3, -0.25) is 13.9 Å². The van der Waals surface area contributed by atoms with Crippen LogP contribution < -0.4 is 9.62 Å². The van der Waals surface area contributed by atoms with Crippen molar-refractivity contribution < 1.29 is 18.0 Å². The zero-order valence-electron chi connectivity index (χ0n) is 21.1. The average molecular weight is 589 g/mol. The second kappa shape index (κ2) is 12.7. The molecule has 0 aromatic heterocycles. The zero-order chi connectivity index (χ0) is 27.3. The molecule has 7 nitrogen and oxygen atoms in total. The second-order valence-electron chi connectivity index (χ2n) is 9.39. The summed E-state index contributed by atoms with van der Waals surface area (Å²) < 4.78 is 26.5. The number of nitrogens with zero attached hydrogens (tertiary/aromatic N) is 2. The summed E-state index contributed by atoms with van der Waals surface area (Å²) in [5.41, 5.74) is 1.71. The third kappa shape index (κ3) is 7.76. The number of nitrogens with one attached hydrogen (secondary N) is 1. The standard InChI is InChI=1S/C26H32Cl3N3O4S/c1-4-24(26(34)30-19-7-5-6-8-19)31(15-18-10-12-21(27)23(29)13-18)25(33)16-32(37(3,35)36)20-11-9-17(2)22(28)14-20/h9-14,19,24H,4-8,15-16H2,1-3H3,(H,30,34). The van der Waals surface area contributed by atoms with Crippen LogP contribution in [0.4, 0.5) is 5.69 Å². The number of halogens is 3. The van der Waals surface area contributed by atoms with E-state index in [0.717, 1.165) is 41.8 Å². The first kappa shape index (κ1) is 29.6. The Bertz CT molecular complexity index is 1250. The van der Waals surface area contributed by atoms with Crippen LogP contribution in [-0.2, 0) is 26.2 Å². The molecule has 202 valence electrons. The Morgan fingerprint density at radius 3 is 2.27 bits per heavy atom. The van der Waals surface area contributed by atoms with Crippen LogP contribution in [0.2, 0.25) is 15.1 Å². The lowest BCUT2D eigenvalue weighted by Gasteiger charge is -2.33. The van der Waals surface area contributed by atoms with Crippen LogP contribution in [0.1, 0.15) is 50.2 Å². The Kier molecular flexibility index (Phi) is 10.1. The second-order valence-corrected chi connectivity index (χ2v) is 12.5. The Morgan fingerprint density at radius 2 is 1.70 bits per heavy atom. The van der Waals surface area contributed by atoms with Gasteiger partial charge in [-0.15, -0.1) is 0 Å². The first-order valence-electron chi connectivity index (χ1n) is 12.2. The lowest BCUT2D eigenvalue weighted by molar-refractivity contribution is -0.140. The highest BCUT2D eigenvalue weighted by molar-refractivity contribution is 7.92. The molecule has 1 fully saturated rings. The van der Waals surface area contributed by atoms with Crippen LogP contribution in [0, 0.1) is 6.92 Å². The van der Waals surface area contributed by atoms with Crippen LogP contribution in [0.5, 0.6) is 0 Å². The molecule has 1 aliphatic rings. The smallest absolute Gasteiger partial charge is 0.244 e. The quantitative estimate of drug-likeness (QED) is 0.392. The molecule has 2 aromatic rings. The van der Waals surface area contributed by atoms with E-state index >= 15 is 0 Å². The summed E-state index contributed by atoms with van der Waals surface area (Å²) in [7, 11) is -3.84. The van der Waals surface area contributed by atoms with Crippen LogP contribution >= 0.6 is 34.8 Å². The monoisotopic (exact) mass is 587 g/mol. The normalized spacial score (nSPS) is 14.9. The molecule has 11 heteroatoms. The molecule has 37 heavy (non-hydrogen) atoms. The van der Waals surface area contributed by atoms with E-state index in [0.29, 0.717) is 27.1 Å². The zero-order valence-corrected chi connectivity index (χ0v) is 24.2. The van der Waals surface area contributed by atoms with Gasteiger partial charge in [0.25, 0.3) is 0 Å². The first-order valence-corrected chi connectivity index (χ1v) is 15.2. The van der Waals surface area contributed by atoms with Crippen molar-refractivity contribution in [1.29, 1.82) is 0 Å². The molecule has 2 aromatic carbocycles. The number of hydrogen-bond acceptors (Lipinski definition) is 4. The number of anilines is 1. The molecule has 1 atom stereocenters. The van der Waals surface area contributed by atoms with E-state index in [1.54, 1.807) is 37.3 Å². The SMILES string of the molecule is CCC(C(=O)NC1CCCC1)N(Cc1ccc(Cl)c(Cl)c1)C(=O)CN(c1ccc(C)c(Cl)c1)S(C)(=O)=O. The molecule has 1 N–H and O–H groups in total. The lowest BCUT2D eigenvalue weighted by Crippen LogP contribution is -2.53. The fraction of sp³-hybridized carbons (Fsp3) is 0.462. The number of amides is 2. The van der Waals surface area contributed by atoms with Gasteiger partial charge in [-0.1, -0.05) is 66.7 Å². The van der Waals surface area contributed by atoms with Gasteiger partial charge in [-0.25, -0.2) is 8.42 Å². The highest BCUT2D eigenvalue weighted by Crippen LogP contribution is 2.27. The van der Waals surface area contributed by atoms with Gasteiger partial charge in [0.15, 0.2) is 0 Å². The number of hydrogen-bond donors (Lipinski definition) is 1. The van der Waals surface area contributed by atoms with Crippen molar-refractivity contribution in [3.8, 4) is 0 Å². The number of aryl methyl sites for hydroxylation is 1. The van der Waals surface area contributed by atoms with Crippen LogP contribution in [0.15, 0.2) is 36.4 Å². The third-order valence-electron chi connectivity index (χ3n) is 6.55. The summed E-state index contributed by atoms with van der Waals surface area (Å²) in [6, 6.07) is 9.07. The summed E-state index contributed by atoms with van der Waals surface area (Å²) in [6.07, 6.45) is 5.28. The fourth-order valence-electron chi connectivity index (χ4n) is 4.47. The van der Waals surface area contributed by atoms with E-state index in [-0.39, 0.29) is 24.2 Å². The Hall–Kier alpha value is -2.00. The molecule has 1 unspecified atom stereocenters. The summed E-state index contributed by atoms with van der Waals surface area (Å²) in [6.45, 7) is 3.18. The molecular weight excluding hydrogens is 557 g/mol. The molecule has 0 bridgehead atoms. The predicted molar refractivity (Wildman–Crippen MR) is 150 cm³/mol. The van der Waals surface area contributed by atoms with E-state index < -0.39 is 28.5 Å². The molecule has 2 amide bonds. The highest BCUT2D eigenvalue weighted by Gasteiger charge is 2.33. The van der Waals surface area contributed by atoms with Crippen LogP contribution in [-0.4, -0.2) is 50.0 Å². The molecule has 3 rings (SSSR count). The first-order chi connectivity index (χ1) is 17.4. The Balaban J connectivity index is 1.95. The molecule has 0 saturated heterocycles. The van der Waals surface area contributed by atoms with Crippen molar-refractivity contribution in [2.45, 2.75) is 64.6 Å². The predicted octanol–water partition coefficient (Wildman–Crippen LogP) is 5.59. The molecule has 0 heterocycles. The third-order valence-corrected chi connectivity index (χ3v) is 8.83. The maximum Gasteiger partial charge on any atom is 0.244 e. The van der Waals surface area contributed by atoms with Gasteiger partial charge in [0.1, 0.15) is 12.6 Å². The van der Waals surface area contributed by atoms with Crippen molar-refractivity contribution in [2.24, 2.45) is 0 Å². The van der Waals surface area contributed by atoms with Crippen molar-refractivity contribution in [3.05, 3.63) is 62.6 Å². The van der Waals surface area contributed by atoms with E-state index in [9.17, 15) is 18.0 Å². The number of benzene rings is 2. The number of sulfonamides is 1. The van der Waals surface area contributed by atoms with Gasteiger partial charge in [0.2, 0.25) is 21.8 Å². The lowest BCUT2D eigenvalue weighted by atomic mass is 10.1. The van der Waals surface area contributed by atoms with Crippen molar-refractivity contribution >= 4 is 62.3 Å². The maximum atomic E-state index is 13.8. The van der Waals surface area contributed by atoms with E-state index in [2.05, 4.69) is 5.32 Å². The molecule has 0 radical (unpaired) electrons. The fourth-order valence-corrected chi connectivity index (χ4v) is 5.81. The topological polar surface area (TPSA) is 86.8 Å². The number of rotatable bonds is 10. The van der Waals surface area contributed by atoms with Gasteiger partial charge >= 0.3 is 0 Å². The molecular formula is C26H32Cl3N3O4S. The number of carbonyl (C=O) groups is 2. The van der Waals surface area contributed by atoms with Crippen molar-refractivity contribution in [1.82, 2.24) is 10.2 Å². The van der Waals surface area contributed by atoms with Crippen LogP contribution in [0.3, 0.4) is 0 Å². The average Bonchev–Trinajstić information content (AvgIpc) is 3.33. The van der Waals surface area contributed by atoms with E-state index in [1.165, 1.54) is 11.0 Å². The minimum absolute atomic E-state index is 0.0541. The van der Waals surface area contributed by atoms with Gasteiger partial charge in [-0.05, 0) is 61.6 Å². The Labute approximate surface area is 234 Å². The van der Waals surface area contributed by atoms with E-state index in [4.69, 9.17) is 34.8 Å². The van der Waals surface area contributed by atoms with Gasteiger partial charge in [-0.2, -0.15) is 0 Å². The molecule has 0 spiro atoms. The maximum absolute atomic E-state index is 13.8. The number of carbonyl (C=O) groups excluding carboxylic acids is 2. The molecule has 1 aliphatic carbocycles. The van der Waals surface area contributed by atoms with E-state index in [1.807, 2.05) is 6.92 Å². The summed E-state index contributed by atoms with van der Waals surface area (Å²) in [4.78, 5) is 28.5. The summed E-state index contributed by atoms with van der Waals surface area (Å²) in [5, 5.41) is 4.14. The minimum atomic E-state index is -3.84. The van der Waals surface area contributed by atoms with Gasteiger partial charge < -0.3 is 10.2 Å². The summed E-state index contributed by atoms with van der Waals surface area (Å²) >= 11 is 18.5. The summed E-state index contributed by atoms with van der Waals surface area (Å²) in [5.74, 6) is -0.784. The minimum Gasteiger partial charge on any atom is -0.352 e. The van der Waals surface area contributed by atoms with Gasteiger partial charge in [0, 0.05) is 17.6 Å². The van der Waals surface area contributed by atoms with Crippen molar-refractivity contribution in [2.75, 3.05) is 17.1 Å². The van der Waals surface area contributed by atoms with Gasteiger partial charge in [0.05, 0.1) is 22.0 Å². The molecule has 0 aliphatic heterocycles. The molecule has 1 saturated carbocycles. The largest absolute Gasteiger partial charge is 0.352 e. The van der Waals surface area contributed by atoms with Crippen molar-refractivity contribution in [3.63, 3.8) is 0 Å². The van der Waals surface area contributed by atoms with Crippen LogP contribution in [0.25, 0.3) is 0 Å². The Morgan fingerprint density at radius 1 is 1.03 bits per heavy atom.